The molecule has 0 aromatic carbocycles. The van der Waals surface area contributed by atoms with Crippen LogP contribution in [0.25, 0.3) is 0 Å². The number of nitrogens with one attached hydrogen (secondary N) is 1. The van der Waals surface area contributed by atoms with E-state index in [2.05, 4.69) is 10.2 Å². The molecule has 0 saturated carbocycles. The van der Waals surface area contributed by atoms with Gasteiger partial charge in [-0.15, -0.1) is 0 Å². The standard InChI is InChI=1S/C9H15N3O2/c1-9(2,3)14-8(13)12(4)7-5-10-11-6-7/h5-6H,1-4H3,(H,10,11). The van der Waals surface area contributed by atoms with Gasteiger partial charge < -0.3 is 4.74 Å². The van der Waals surface area contributed by atoms with Gasteiger partial charge in [0.2, 0.25) is 0 Å². The van der Waals surface area contributed by atoms with Crippen LogP contribution >= 0.6 is 0 Å². The number of aromatic nitrogens is 2. The lowest BCUT2D eigenvalue weighted by molar-refractivity contribution is 0.0589. The van der Waals surface area contributed by atoms with Crippen molar-refractivity contribution in [1.82, 2.24) is 10.2 Å². The third-order valence-corrected chi connectivity index (χ3v) is 1.54. The number of rotatable bonds is 1. The Bertz CT molecular complexity index is 300. The predicted octanol–water partition coefficient (Wildman–Crippen LogP) is 1.78. The zero-order valence-corrected chi connectivity index (χ0v) is 8.87. The number of ether oxygens (including phenoxy) is 1. The summed E-state index contributed by atoms with van der Waals surface area (Å²) in [5.41, 5.74) is 0.203. The second kappa shape index (κ2) is 3.69. The van der Waals surface area contributed by atoms with E-state index >= 15 is 0 Å². The van der Waals surface area contributed by atoms with E-state index in [1.165, 1.54) is 4.90 Å². The van der Waals surface area contributed by atoms with Gasteiger partial charge in [0.1, 0.15) is 5.60 Å². The van der Waals surface area contributed by atoms with Crippen molar-refractivity contribution in [3.8, 4) is 0 Å². The zero-order valence-electron chi connectivity index (χ0n) is 8.87. The lowest BCUT2D eigenvalue weighted by Crippen LogP contribution is -2.33. The Morgan fingerprint density at radius 2 is 2.21 bits per heavy atom. The van der Waals surface area contributed by atoms with Crippen LogP contribution in [0.1, 0.15) is 20.8 Å². The number of hydrogen-bond donors (Lipinski definition) is 1. The van der Waals surface area contributed by atoms with E-state index in [0.717, 1.165) is 0 Å². The molecule has 5 heteroatoms. The zero-order chi connectivity index (χ0) is 10.8. The van der Waals surface area contributed by atoms with Gasteiger partial charge in [0.25, 0.3) is 0 Å². The van der Waals surface area contributed by atoms with Gasteiger partial charge in [0.15, 0.2) is 0 Å². The molecular formula is C9H15N3O2. The second-order valence-electron chi connectivity index (χ2n) is 4.00. The molecule has 1 aromatic rings. The largest absolute Gasteiger partial charge is 0.443 e. The molecule has 0 aliphatic carbocycles. The molecular weight excluding hydrogens is 182 g/mol. The summed E-state index contributed by atoms with van der Waals surface area (Å²) in [6.07, 6.45) is 2.80. The van der Waals surface area contributed by atoms with Gasteiger partial charge in [0, 0.05) is 13.2 Å². The highest BCUT2D eigenvalue weighted by Gasteiger charge is 2.20. The normalized spacial score (nSPS) is 11.1. The molecule has 0 bridgehead atoms. The molecule has 0 atom stereocenters. The van der Waals surface area contributed by atoms with Crippen LogP contribution in [0.3, 0.4) is 0 Å². The maximum Gasteiger partial charge on any atom is 0.414 e. The minimum absolute atomic E-state index is 0.390. The molecule has 0 aliphatic heterocycles. The molecule has 1 aromatic heterocycles. The molecule has 78 valence electrons. The summed E-state index contributed by atoms with van der Waals surface area (Å²) in [7, 11) is 1.64. The van der Waals surface area contributed by atoms with Crippen LogP contribution in [0.2, 0.25) is 0 Å². The van der Waals surface area contributed by atoms with Gasteiger partial charge in [-0.05, 0) is 20.8 Å². The molecule has 0 saturated heterocycles. The molecule has 0 radical (unpaired) electrons. The monoisotopic (exact) mass is 197 g/mol. The van der Waals surface area contributed by atoms with Crippen molar-refractivity contribution in [2.45, 2.75) is 26.4 Å². The molecule has 1 N–H and O–H groups in total. The molecule has 0 spiro atoms. The van der Waals surface area contributed by atoms with E-state index in [0.29, 0.717) is 5.69 Å². The Kier molecular flexibility index (Phi) is 2.78. The smallest absolute Gasteiger partial charge is 0.414 e. The molecule has 5 nitrogen and oxygen atoms in total. The first-order valence-corrected chi connectivity index (χ1v) is 4.35. The van der Waals surface area contributed by atoms with E-state index in [9.17, 15) is 4.79 Å². The van der Waals surface area contributed by atoms with E-state index in [1.54, 1.807) is 19.4 Å². The molecule has 0 aliphatic rings. The SMILES string of the molecule is CN(C(=O)OC(C)(C)C)c1cn[nH]c1. The van der Waals surface area contributed by atoms with Gasteiger partial charge in [-0.25, -0.2) is 4.79 Å². The molecule has 0 fully saturated rings. The number of H-pyrrole nitrogens is 1. The van der Waals surface area contributed by atoms with E-state index in [1.807, 2.05) is 20.8 Å². The van der Waals surface area contributed by atoms with Crippen LogP contribution in [0.15, 0.2) is 12.4 Å². The minimum Gasteiger partial charge on any atom is -0.443 e. The molecule has 1 rings (SSSR count). The number of carbonyl (C=O) groups is 1. The Hall–Kier alpha value is -1.52. The van der Waals surface area contributed by atoms with Crippen LogP contribution in [-0.4, -0.2) is 28.9 Å². The first kappa shape index (κ1) is 10.6. The molecule has 1 amide bonds. The average Bonchev–Trinajstić information content (AvgIpc) is 2.51. The fraction of sp³-hybridized carbons (Fsp3) is 0.556. The summed E-state index contributed by atoms with van der Waals surface area (Å²) in [5, 5.41) is 6.38. The first-order chi connectivity index (χ1) is 6.40. The Morgan fingerprint density at radius 3 is 2.64 bits per heavy atom. The van der Waals surface area contributed by atoms with Crippen molar-refractivity contribution in [2.75, 3.05) is 11.9 Å². The van der Waals surface area contributed by atoms with Crippen molar-refractivity contribution in [2.24, 2.45) is 0 Å². The molecule has 0 unspecified atom stereocenters. The number of hydrogen-bond acceptors (Lipinski definition) is 3. The lowest BCUT2D eigenvalue weighted by atomic mass is 10.2. The Labute approximate surface area is 83.1 Å². The number of carbonyl (C=O) groups excluding carboxylic acids is 1. The first-order valence-electron chi connectivity index (χ1n) is 4.35. The van der Waals surface area contributed by atoms with E-state index in [4.69, 9.17) is 4.74 Å². The van der Waals surface area contributed by atoms with Gasteiger partial charge in [-0.2, -0.15) is 5.10 Å². The van der Waals surface area contributed by atoms with Crippen LogP contribution in [0.4, 0.5) is 10.5 Å². The Balaban J connectivity index is 2.63. The summed E-state index contributed by atoms with van der Waals surface area (Å²) >= 11 is 0. The van der Waals surface area contributed by atoms with E-state index in [-0.39, 0.29) is 6.09 Å². The van der Waals surface area contributed by atoms with Crippen molar-refractivity contribution in [3.63, 3.8) is 0 Å². The van der Waals surface area contributed by atoms with E-state index < -0.39 is 5.60 Å². The minimum atomic E-state index is -0.477. The van der Waals surface area contributed by atoms with Gasteiger partial charge >= 0.3 is 6.09 Å². The fourth-order valence-electron chi connectivity index (χ4n) is 0.863. The van der Waals surface area contributed by atoms with Gasteiger partial charge in [-0.3, -0.25) is 10.00 Å². The topological polar surface area (TPSA) is 58.2 Å². The highest BCUT2D eigenvalue weighted by atomic mass is 16.6. The molecule has 1 heterocycles. The quantitative estimate of drug-likeness (QED) is 0.746. The summed E-state index contributed by atoms with van der Waals surface area (Å²) in [6.45, 7) is 5.48. The third kappa shape index (κ3) is 2.76. The summed E-state index contributed by atoms with van der Waals surface area (Å²) in [5.74, 6) is 0. The van der Waals surface area contributed by atoms with Crippen molar-refractivity contribution < 1.29 is 9.53 Å². The van der Waals surface area contributed by atoms with Crippen LogP contribution in [-0.2, 0) is 4.74 Å². The van der Waals surface area contributed by atoms with Crippen LogP contribution in [0, 0.1) is 0 Å². The van der Waals surface area contributed by atoms with Crippen molar-refractivity contribution in [1.29, 1.82) is 0 Å². The third-order valence-electron chi connectivity index (χ3n) is 1.54. The van der Waals surface area contributed by atoms with Crippen LogP contribution < -0.4 is 4.90 Å². The van der Waals surface area contributed by atoms with Crippen molar-refractivity contribution >= 4 is 11.8 Å². The average molecular weight is 197 g/mol. The van der Waals surface area contributed by atoms with Gasteiger partial charge in [-0.1, -0.05) is 0 Å². The van der Waals surface area contributed by atoms with Crippen molar-refractivity contribution in [3.05, 3.63) is 12.4 Å². The highest BCUT2D eigenvalue weighted by Crippen LogP contribution is 2.14. The Morgan fingerprint density at radius 1 is 1.57 bits per heavy atom. The maximum absolute atomic E-state index is 11.5. The predicted molar refractivity (Wildman–Crippen MR) is 53.2 cm³/mol. The second-order valence-corrected chi connectivity index (χ2v) is 4.00. The highest BCUT2D eigenvalue weighted by molar-refractivity contribution is 5.86. The fourth-order valence-corrected chi connectivity index (χ4v) is 0.863. The lowest BCUT2D eigenvalue weighted by Gasteiger charge is -2.23. The number of amides is 1. The summed E-state index contributed by atoms with van der Waals surface area (Å²) < 4.78 is 5.17. The summed E-state index contributed by atoms with van der Waals surface area (Å²) in [6, 6.07) is 0. The number of nitrogens with zero attached hydrogens (tertiary/aromatic N) is 2. The number of aromatic amines is 1. The molecule has 14 heavy (non-hydrogen) atoms. The maximum atomic E-state index is 11.5. The van der Waals surface area contributed by atoms with Gasteiger partial charge in [0.05, 0.1) is 11.9 Å². The van der Waals surface area contributed by atoms with Crippen LogP contribution in [0.5, 0.6) is 0 Å². The summed E-state index contributed by atoms with van der Waals surface area (Å²) in [4.78, 5) is 12.9. The number of anilines is 1.